The number of nitrogens with zero attached hydrogens (tertiary/aromatic N) is 3. The highest BCUT2D eigenvalue weighted by Gasteiger charge is 2.12. The summed E-state index contributed by atoms with van der Waals surface area (Å²) in [6, 6.07) is 8.41. The number of hydrogen-bond acceptors (Lipinski definition) is 4. The first-order valence-corrected chi connectivity index (χ1v) is 8.93. The molecule has 0 radical (unpaired) electrons. The third kappa shape index (κ3) is 3.85. The second kappa shape index (κ2) is 7.18. The number of thiazole rings is 1. The van der Waals surface area contributed by atoms with E-state index in [-0.39, 0.29) is 5.92 Å². The molecule has 5 heteroatoms. The molecule has 0 fully saturated rings. The summed E-state index contributed by atoms with van der Waals surface area (Å²) < 4.78 is 12.9. The van der Waals surface area contributed by atoms with Crippen molar-refractivity contribution in [3.8, 4) is 10.6 Å². The van der Waals surface area contributed by atoms with Crippen molar-refractivity contribution in [2.24, 2.45) is 0 Å². The first kappa shape index (κ1) is 16.7. The van der Waals surface area contributed by atoms with Gasteiger partial charge in [0.1, 0.15) is 10.8 Å². The minimum atomic E-state index is -0.405. The van der Waals surface area contributed by atoms with Crippen LogP contribution < -0.4 is 0 Å². The predicted octanol–water partition coefficient (Wildman–Crippen LogP) is 5.21. The SMILES string of the molecule is CC(C)c1csc(-c2cccc(C[C@H](C)c3ncc(F)cn3)c2)n1. The number of hydrogen-bond donors (Lipinski definition) is 0. The van der Waals surface area contributed by atoms with Gasteiger partial charge in [0, 0.05) is 16.9 Å². The van der Waals surface area contributed by atoms with E-state index in [1.165, 1.54) is 18.0 Å². The standard InChI is InChI=1S/C19H20FN3S/c1-12(2)17-11-24-19(23-17)15-6-4-5-14(8-15)7-13(3)18-21-9-16(20)10-22-18/h4-6,8-13H,7H2,1-3H3/t13-/m0/s1. The van der Waals surface area contributed by atoms with Crippen molar-refractivity contribution in [2.75, 3.05) is 0 Å². The van der Waals surface area contributed by atoms with Gasteiger partial charge in [0.05, 0.1) is 18.1 Å². The van der Waals surface area contributed by atoms with Crippen LogP contribution in [0.2, 0.25) is 0 Å². The van der Waals surface area contributed by atoms with E-state index in [9.17, 15) is 4.39 Å². The summed E-state index contributed by atoms with van der Waals surface area (Å²) in [6.45, 7) is 6.36. The summed E-state index contributed by atoms with van der Waals surface area (Å²) in [5.74, 6) is 0.827. The summed E-state index contributed by atoms with van der Waals surface area (Å²) in [5.41, 5.74) is 3.47. The van der Waals surface area contributed by atoms with Crippen LogP contribution in [-0.4, -0.2) is 15.0 Å². The molecular formula is C19H20FN3S. The van der Waals surface area contributed by atoms with Crippen LogP contribution in [0.3, 0.4) is 0 Å². The maximum atomic E-state index is 12.9. The van der Waals surface area contributed by atoms with Gasteiger partial charge in [0.2, 0.25) is 0 Å². The Labute approximate surface area is 145 Å². The van der Waals surface area contributed by atoms with Crippen LogP contribution in [0, 0.1) is 5.82 Å². The van der Waals surface area contributed by atoms with Gasteiger partial charge in [0.15, 0.2) is 5.82 Å². The van der Waals surface area contributed by atoms with E-state index in [0.717, 1.165) is 22.7 Å². The lowest BCUT2D eigenvalue weighted by molar-refractivity contribution is 0.598. The van der Waals surface area contributed by atoms with Crippen LogP contribution in [0.4, 0.5) is 4.39 Å². The molecule has 0 aliphatic carbocycles. The van der Waals surface area contributed by atoms with Crippen molar-refractivity contribution in [2.45, 2.75) is 39.0 Å². The first-order chi connectivity index (χ1) is 11.5. The van der Waals surface area contributed by atoms with E-state index in [1.807, 2.05) is 0 Å². The molecule has 0 aliphatic rings. The second-order valence-corrected chi connectivity index (χ2v) is 7.16. The van der Waals surface area contributed by atoms with E-state index in [2.05, 4.69) is 60.4 Å². The first-order valence-electron chi connectivity index (χ1n) is 8.05. The average Bonchev–Trinajstić information content (AvgIpc) is 3.06. The van der Waals surface area contributed by atoms with Gasteiger partial charge in [-0.1, -0.05) is 39.0 Å². The lowest BCUT2D eigenvalue weighted by Crippen LogP contribution is -2.04. The molecule has 3 aromatic rings. The smallest absolute Gasteiger partial charge is 0.159 e. The molecule has 3 rings (SSSR count). The molecule has 0 unspecified atom stereocenters. The van der Waals surface area contributed by atoms with E-state index < -0.39 is 5.82 Å². The Morgan fingerprint density at radius 3 is 2.54 bits per heavy atom. The molecule has 1 aromatic carbocycles. The van der Waals surface area contributed by atoms with Gasteiger partial charge in [0.25, 0.3) is 0 Å². The third-order valence-electron chi connectivity index (χ3n) is 3.91. The maximum Gasteiger partial charge on any atom is 0.159 e. The monoisotopic (exact) mass is 341 g/mol. The Hall–Kier alpha value is -2.14. The van der Waals surface area contributed by atoms with Gasteiger partial charge in [-0.15, -0.1) is 11.3 Å². The van der Waals surface area contributed by atoms with Crippen molar-refractivity contribution in [3.05, 3.63) is 64.9 Å². The van der Waals surface area contributed by atoms with Gasteiger partial charge in [-0.25, -0.2) is 19.3 Å². The lowest BCUT2D eigenvalue weighted by Gasteiger charge is -2.10. The second-order valence-electron chi connectivity index (χ2n) is 6.30. The number of aromatic nitrogens is 3. The van der Waals surface area contributed by atoms with Crippen molar-refractivity contribution < 1.29 is 4.39 Å². The molecule has 0 saturated carbocycles. The fourth-order valence-electron chi connectivity index (χ4n) is 2.54. The van der Waals surface area contributed by atoms with E-state index in [1.54, 1.807) is 11.3 Å². The summed E-state index contributed by atoms with van der Waals surface area (Å²) >= 11 is 1.68. The zero-order chi connectivity index (χ0) is 17.1. The Balaban J connectivity index is 1.78. The van der Waals surface area contributed by atoms with Gasteiger partial charge in [-0.3, -0.25) is 0 Å². The highest BCUT2D eigenvalue weighted by atomic mass is 32.1. The fourth-order valence-corrected chi connectivity index (χ4v) is 3.52. The normalized spacial score (nSPS) is 12.5. The van der Waals surface area contributed by atoms with Crippen LogP contribution in [0.25, 0.3) is 10.6 Å². The minimum Gasteiger partial charge on any atom is -0.241 e. The van der Waals surface area contributed by atoms with Crippen LogP contribution in [-0.2, 0) is 6.42 Å². The van der Waals surface area contributed by atoms with Gasteiger partial charge in [-0.05, 0) is 24.0 Å². The van der Waals surface area contributed by atoms with Crippen LogP contribution >= 0.6 is 11.3 Å². The van der Waals surface area contributed by atoms with Gasteiger partial charge < -0.3 is 0 Å². The minimum absolute atomic E-state index is 0.128. The Bertz CT molecular complexity index is 811. The highest BCUT2D eigenvalue weighted by Crippen LogP contribution is 2.28. The maximum absolute atomic E-state index is 12.9. The summed E-state index contributed by atoms with van der Waals surface area (Å²) in [5, 5.41) is 3.17. The van der Waals surface area contributed by atoms with Crippen LogP contribution in [0.5, 0.6) is 0 Å². The Kier molecular flexibility index (Phi) is 5.00. The summed E-state index contributed by atoms with van der Waals surface area (Å²) in [7, 11) is 0. The number of halogens is 1. The van der Waals surface area contributed by atoms with E-state index in [0.29, 0.717) is 11.7 Å². The molecule has 0 amide bonds. The molecule has 0 N–H and O–H groups in total. The molecule has 0 bridgehead atoms. The van der Waals surface area contributed by atoms with Crippen molar-refractivity contribution in [1.82, 2.24) is 15.0 Å². The van der Waals surface area contributed by atoms with E-state index in [4.69, 9.17) is 4.98 Å². The highest BCUT2D eigenvalue weighted by molar-refractivity contribution is 7.13. The van der Waals surface area contributed by atoms with E-state index >= 15 is 0 Å². The molecule has 0 saturated heterocycles. The Morgan fingerprint density at radius 1 is 1.12 bits per heavy atom. The predicted molar refractivity (Wildman–Crippen MR) is 95.7 cm³/mol. The van der Waals surface area contributed by atoms with Gasteiger partial charge >= 0.3 is 0 Å². The lowest BCUT2D eigenvalue weighted by atomic mass is 9.99. The van der Waals surface area contributed by atoms with Crippen molar-refractivity contribution in [1.29, 1.82) is 0 Å². The molecule has 3 nitrogen and oxygen atoms in total. The summed E-state index contributed by atoms with van der Waals surface area (Å²) in [6.07, 6.45) is 3.25. The Morgan fingerprint density at radius 2 is 1.88 bits per heavy atom. The third-order valence-corrected chi connectivity index (χ3v) is 4.82. The van der Waals surface area contributed by atoms with Crippen molar-refractivity contribution in [3.63, 3.8) is 0 Å². The number of rotatable bonds is 5. The quantitative estimate of drug-likeness (QED) is 0.639. The summed E-state index contributed by atoms with van der Waals surface area (Å²) in [4.78, 5) is 12.9. The molecule has 2 heterocycles. The van der Waals surface area contributed by atoms with Crippen LogP contribution in [0.1, 0.15) is 49.7 Å². The van der Waals surface area contributed by atoms with Crippen LogP contribution in [0.15, 0.2) is 42.0 Å². The van der Waals surface area contributed by atoms with Gasteiger partial charge in [-0.2, -0.15) is 0 Å². The topological polar surface area (TPSA) is 38.7 Å². The molecule has 2 aromatic heterocycles. The molecule has 124 valence electrons. The number of benzene rings is 1. The molecule has 1 atom stereocenters. The van der Waals surface area contributed by atoms with Crippen molar-refractivity contribution >= 4 is 11.3 Å². The molecule has 24 heavy (non-hydrogen) atoms. The average molecular weight is 341 g/mol. The zero-order valence-corrected chi connectivity index (χ0v) is 14.8. The fraction of sp³-hybridized carbons (Fsp3) is 0.316. The largest absolute Gasteiger partial charge is 0.241 e. The molecule has 0 spiro atoms. The molecular weight excluding hydrogens is 321 g/mol. The molecule has 0 aliphatic heterocycles. The zero-order valence-electron chi connectivity index (χ0n) is 14.0.